The van der Waals surface area contributed by atoms with Gasteiger partial charge in [-0.3, -0.25) is 4.79 Å². The van der Waals surface area contributed by atoms with Gasteiger partial charge in [0.1, 0.15) is 6.10 Å². The van der Waals surface area contributed by atoms with Gasteiger partial charge in [0, 0.05) is 5.75 Å². The molecule has 7 heteroatoms. The zero-order valence-electron chi connectivity index (χ0n) is 15.6. The van der Waals surface area contributed by atoms with Crippen molar-refractivity contribution >= 4 is 51.0 Å². The van der Waals surface area contributed by atoms with E-state index in [1.54, 1.807) is 11.3 Å². The molecule has 0 aliphatic rings. The minimum Gasteiger partial charge on any atom is -0.458 e. The first-order valence-electron chi connectivity index (χ1n) is 8.95. The molecule has 0 saturated heterocycles. The first kappa shape index (κ1) is 21.5. The van der Waals surface area contributed by atoms with Gasteiger partial charge in [-0.15, -0.1) is 11.3 Å². The quantitative estimate of drug-likeness (QED) is 0.269. The number of carbonyl (C=O) groups is 1. The van der Waals surface area contributed by atoms with Crippen LogP contribution in [-0.4, -0.2) is 47.0 Å². The van der Waals surface area contributed by atoms with Crippen LogP contribution in [0.3, 0.4) is 0 Å². The molecule has 0 aliphatic carbocycles. The molecule has 0 bridgehead atoms. The molecule has 2 rings (SSSR count). The van der Waals surface area contributed by atoms with Crippen LogP contribution in [0.2, 0.25) is 0 Å². The molecule has 0 fully saturated rings. The average molecular weight is 414 g/mol. The summed E-state index contributed by atoms with van der Waals surface area (Å²) in [6.07, 6.45) is 2.31. The number of ether oxygens (including phenoxy) is 2. The van der Waals surface area contributed by atoms with Crippen LogP contribution in [0.15, 0.2) is 28.6 Å². The molecule has 2 aromatic rings. The van der Waals surface area contributed by atoms with Crippen molar-refractivity contribution in [1.29, 1.82) is 0 Å². The number of hydrogen-bond donors (Lipinski definition) is 0. The molecule has 1 unspecified atom stereocenters. The highest BCUT2D eigenvalue weighted by atomic mass is 32.2. The second-order valence-electron chi connectivity index (χ2n) is 6.16. The molecule has 0 radical (unpaired) electrons. The molecule has 144 valence electrons. The van der Waals surface area contributed by atoms with Crippen molar-refractivity contribution in [2.24, 2.45) is 0 Å². The van der Waals surface area contributed by atoms with Crippen LogP contribution in [0.5, 0.6) is 0 Å². The Hall–Kier alpha value is -0.760. The summed E-state index contributed by atoms with van der Waals surface area (Å²) in [5.74, 6) is 1.94. The van der Waals surface area contributed by atoms with E-state index in [9.17, 15) is 4.79 Å². The Morgan fingerprint density at radius 1 is 1.31 bits per heavy atom. The number of carbonyl (C=O) groups excluding carboxylic acids is 1. The van der Waals surface area contributed by atoms with E-state index in [4.69, 9.17) is 9.47 Å². The lowest BCUT2D eigenvalue weighted by atomic mass is 10.3. The third-order valence-corrected chi connectivity index (χ3v) is 6.79. The van der Waals surface area contributed by atoms with E-state index < -0.39 is 0 Å². The summed E-state index contributed by atoms with van der Waals surface area (Å²) in [6, 6.07) is 8.00. The van der Waals surface area contributed by atoms with E-state index >= 15 is 0 Å². The number of benzene rings is 1. The van der Waals surface area contributed by atoms with Crippen LogP contribution in [-0.2, 0) is 14.3 Å². The summed E-state index contributed by atoms with van der Waals surface area (Å²) >= 11 is 4.87. The third-order valence-electron chi connectivity index (χ3n) is 3.45. The zero-order chi connectivity index (χ0) is 18.8. The molecule has 1 heterocycles. The summed E-state index contributed by atoms with van der Waals surface area (Å²) in [4.78, 5) is 16.8. The topological polar surface area (TPSA) is 48.4 Å². The Balaban J connectivity index is 1.80. The van der Waals surface area contributed by atoms with E-state index in [-0.39, 0.29) is 23.9 Å². The highest BCUT2D eigenvalue weighted by molar-refractivity contribution is 8.01. The average Bonchev–Trinajstić information content (AvgIpc) is 3.04. The maximum absolute atomic E-state index is 12.2. The number of aromatic nitrogens is 1. The van der Waals surface area contributed by atoms with Gasteiger partial charge >= 0.3 is 5.97 Å². The number of para-hydroxylation sites is 1. The number of fused-ring (bicyclic) bond motifs is 1. The lowest BCUT2D eigenvalue weighted by Crippen LogP contribution is -2.28. The van der Waals surface area contributed by atoms with E-state index in [0.29, 0.717) is 6.61 Å². The van der Waals surface area contributed by atoms with Gasteiger partial charge in [-0.2, -0.15) is 11.8 Å². The normalized spacial score (nSPS) is 12.6. The Kier molecular flexibility index (Phi) is 9.82. The van der Waals surface area contributed by atoms with Crippen LogP contribution in [0, 0.1) is 0 Å². The van der Waals surface area contributed by atoms with Gasteiger partial charge in [-0.05, 0) is 38.2 Å². The molecular weight excluding hydrogens is 386 g/mol. The van der Waals surface area contributed by atoms with Gasteiger partial charge in [0.2, 0.25) is 0 Å². The molecule has 1 aromatic heterocycles. The predicted molar refractivity (Wildman–Crippen MR) is 114 cm³/mol. The van der Waals surface area contributed by atoms with Gasteiger partial charge in [-0.25, -0.2) is 4.98 Å². The summed E-state index contributed by atoms with van der Waals surface area (Å²) in [5, 5.41) is 0. The number of thioether (sulfide) groups is 2. The largest absolute Gasteiger partial charge is 0.458 e. The van der Waals surface area contributed by atoms with Gasteiger partial charge in [-0.1, -0.05) is 37.2 Å². The van der Waals surface area contributed by atoms with Gasteiger partial charge in [0.05, 0.1) is 28.7 Å². The fourth-order valence-corrected chi connectivity index (χ4v) is 5.07. The van der Waals surface area contributed by atoms with Crippen LogP contribution in [0.25, 0.3) is 10.2 Å². The molecule has 0 spiro atoms. The van der Waals surface area contributed by atoms with Crippen LogP contribution in [0.4, 0.5) is 0 Å². The number of rotatable bonds is 12. The number of hydrogen-bond acceptors (Lipinski definition) is 7. The summed E-state index contributed by atoms with van der Waals surface area (Å²) < 4.78 is 13.3. The SMILES string of the molecule is CCCCSCC(COC(C)C)OC(=O)CSc1nc2ccccc2s1. The number of unbranched alkanes of at least 4 members (excludes halogenated alkanes) is 1. The van der Waals surface area contributed by atoms with Gasteiger partial charge < -0.3 is 9.47 Å². The number of esters is 1. The van der Waals surface area contributed by atoms with Crippen molar-refractivity contribution in [2.45, 2.75) is 50.2 Å². The molecule has 1 atom stereocenters. The molecule has 26 heavy (non-hydrogen) atoms. The third kappa shape index (κ3) is 7.86. The second kappa shape index (κ2) is 11.8. The summed E-state index contributed by atoms with van der Waals surface area (Å²) in [6.45, 7) is 6.62. The molecule has 4 nitrogen and oxygen atoms in total. The van der Waals surface area contributed by atoms with E-state index in [1.807, 2.05) is 49.9 Å². The Bertz CT molecular complexity index is 642. The number of thiazole rings is 1. The molecule has 0 amide bonds. The van der Waals surface area contributed by atoms with Crippen molar-refractivity contribution in [3.05, 3.63) is 24.3 Å². The lowest BCUT2D eigenvalue weighted by Gasteiger charge is -2.19. The fourth-order valence-electron chi connectivity index (χ4n) is 2.13. The highest BCUT2D eigenvalue weighted by Gasteiger charge is 2.17. The molecule has 0 saturated carbocycles. The molecular formula is C19H27NO3S3. The van der Waals surface area contributed by atoms with E-state index in [1.165, 1.54) is 24.6 Å². The van der Waals surface area contributed by atoms with E-state index in [2.05, 4.69) is 11.9 Å². The van der Waals surface area contributed by atoms with Crippen LogP contribution in [0.1, 0.15) is 33.6 Å². The van der Waals surface area contributed by atoms with Crippen LogP contribution < -0.4 is 0 Å². The first-order valence-corrected chi connectivity index (χ1v) is 11.9. The van der Waals surface area contributed by atoms with Crippen molar-refractivity contribution in [1.82, 2.24) is 4.98 Å². The van der Waals surface area contributed by atoms with Crippen molar-refractivity contribution in [3.63, 3.8) is 0 Å². The molecule has 1 aromatic carbocycles. The Morgan fingerprint density at radius 2 is 2.12 bits per heavy atom. The van der Waals surface area contributed by atoms with Gasteiger partial charge in [0.15, 0.2) is 4.34 Å². The fraction of sp³-hybridized carbons (Fsp3) is 0.579. The van der Waals surface area contributed by atoms with Gasteiger partial charge in [0.25, 0.3) is 0 Å². The standard InChI is InChI=1S/C19H27NO3S3/c1-4-5-10-24-12-15(11-22-14(2)3)23-18(21)13-25-19-20-16-8-6-7-9-17(16)26-19/h6-9,14-15H,4-5,10-13H2,1-3H3. The zero-order valence-corrected chi connectivity index (χ0v) is 18.1. The molecule has 0 N–H and O–H groups in total. The van der Waals surface area contributed by atoms with Crippen molar-refractivity contribution in [3.8, 4) is 0 Å². The minimum atomic E-state index is -0.206. The smallest absolute Gasteiger partial charge is 0.316 e. The maximum atomic E-state index is 12.2. The summed E-state index contributed by atoms with van der Waals surface area (Å²) in [7, 11) is 0. The predicted octanol–water partition coefficient (Wildman–Crippen LogP) is 5.26. The van der Waals surface area contributed by atoms with Crippen LogP contribution >= 0.6 is 34.9 Å². The molecule has 0 aliphatic heterocycles. The monoisotopic (exact) mass is 413 g/mol. The Morgan fingerprint density at radius 3 is 2.85 bits per heavy atom. The summed E-state index contributed by atoms with van der Waals surface area (Å²) in [5.41, 5.74) is 0.976. The Labute approximate surface area is 168 Å². The van der Waals surface area contributed by atoms with Crippen molar-refractivity contribution in [2.75, 3.05) is 23.9 Å². The lowest BCUT2D eigenvalue weighted by molar-refractivity contribution is -0.148. The highest BCUT2D eigenvalue weighted by Crippen LogP contribution is 2.29. The maximum Gasteiger partial charge on any atom is 0.316 e. The first-order chi connectivity index (χ1) is 12.6. The van der Waals surface area contributed by atoms with E-state index in [0.717, 1.165) is 26.1 Å². The number of nitrogens with zero attached hydrogens (tertiary/aromatic N) is 1. The van der Waals surface area contributed by atoms with Crippen molar-refractivity contribution < 1.29 is 14.3 Å². The minimum absolute atomic E-state index is 0.133. The second-order valence-corrected chi connectivity index (χ2v) is 9.56.